The van der Waals surface area contributed by atoms with Crippen LogP contribution in [0.15, 0.2) is 24.3 Å². The van der Waals surface area contributed by atoms with Gasteiger partial charge in [-0.3, -0.25) is 0 Å². The van der Waals surface area contributed by atoms with Gasteiger partial charge in [0.05, 0.1) is 12.7 Å². The van der Waals surface area contributed by atoms with Gasteiger partial charge in [0.2, 0.25) is 0 Å². The third-order valence-electron chi connectivity index (χ3n) is 3.66. The molecule has 0 aromatic heterocycles. The van der Waals surface area contributed by atoms with E-state index in [1.807, 2.05) is 0 Å². The SMILES string of the molecule is Cl.c1cc(N2CCCC2)ccc1C1CNCCO1. The standard InChI is InChI=1S/C14H20N2O.ClH/c1-2-9-16(8-1)13-5-3-12(4-6-13)14-11-15-7-10-17-14;/h3-6,14-15H,1-2,7-11H2;1H. The minimum absolute atomic E-state index is 0. The molecule has 1 atom stereocenters. The van der Waals surface area contributed by atoms with E-state index in [4.69, 9.17) is 4.74 Å². The lowest BCUT2D eigenvalue weighted by atomic mass is 10.1. The van der Waals surface area contributed by atoms with Gasteiger partial charge in [0.1, 0.15) is 0 Å². The lowest BCUT2D eigenvalue weighted by molar-refractivity contribution is 0.0277. The molecule has 2 saturated heterocycles. The van der Waals surface area contributed by atoms with Crippen molar-refractivity contribution >= 4 is 18.1 Å². The summed E-state index contributed by atoms with van der Waals surface area (Å²) in [6.45, 7) is 5.14. The molecule has 1 N–H and O–H groups in total. The fourth-order valence-corrected chi connectivity index (χ4v) is 2.65. The van der Waals surface area contributed by atoms with Gasteiger partial charge in [-0.05, 0) is 30.5 Å². The summed E-state index contributed by atoms with van der Waals surface area (Å²) in [6.07, 6.45) is 2.89. The molecule has 0 saturated carbocycles. The molecular formula is C14H21ClN2O. The number of hydrogen-bond donors (Lipinski definition) is 1. The maximum atomic E-state index is 5.75. The number of nitrogens with zero attached hydrogens (tertiary/aromatic N) is 1. The summed E-state index contributed by atoms with van der Waals surface area (Å²) in [7, 11) is 0. The van der Waals surface area contributed by atoms with Crippen molar-refractivity contribution < 1.29 is 4.74 Å². The molecule has 1 aromatic rings. The molecule has 2 fully saturated rings. The molecule has 0 amide bonds. The van der Waals surface area contributed by atoms with Gasteiger partial charge in [-0.15, -0.1) is 12.4 Å². The first-order valence-corrected chi connectivity index (χ1v) is 6.61. The third-order valence-corrected chi connectivity index (χ3v) is 3.66. The van der Waals surface area contributed by atoms with Crippen LogP contribution in [0, 0.1) is 0 Å². The summed E-state index contributed by atoms with van der Waals surface area (Å²) in [5, 5.41) is 3.37. The van der Waals surface area contributed by atoms with Crippen LogP contribution in [-0.2, 0) is 4.74 Å². The van der Waals surface area contributed by atoms with Crippen molar-refractivity contribution in [1.29, 1.82) is 0 Å². The number of nitrogens with one attached hydrogen (secondary N) is 1. The van der Waals surface area contributed by atoms with Crippen LogP contribution in [0.2, 0.25) is 0 Å². The molecule has 4 heteroatoms. The fourth-order valence-electron chi connectivity index (χ4n) is 2.65. The minimum atomic E-state index is 0. The fraction of sp³-hybridized carbons (Fsp3) is 0.571. The second kappa shape index (κ2) is 6.41. The normalized spacial score (nSPS) is 23.8. The van der Waals surface area contributed by atoms with Gasteiger partial charge >= 0.3 is 0 Å². The first kappa shape index (κ1) is 13.7. The zero-order valence-electron chi connectivity index (χ0n) is 10.6. The number of ether oxygens (including phenoxy) is 1. The summed E-state index contributed by atoms with van der Waals surface area (Å²) >= 11 is 0. The topological polar surface area (TPSA) is 24.5 Å². The predicted octanol–water partition coefficient (Wildman–Crippen LogP) is 2.37. The smallest absolute Gasteiger partial charge is 0.0949 e. The molecule has 0 aliphatic carbocycles. The highest BCUT2D eigenvalue weighted by molar-refractivity contribution is 5.85. The highest BCUT2D eigenvalue weighted by atomic mass is 35.5. The van der Waals surface area contributed by atoms with E-state index in [1.54, 1.807) is 0 Å². The van der Waals surface area contributed by atoms with Gasteiger partial charge in [0.15, 0.2) is 0 Å². The second-order valence-electron chi connectivity index (χ2n) is 4.85. The van der Waals surface area contributed by atoms with E-state index < -0.39 is 0 Å². The van der Waals surface area contributed by atoms with Gasteiger partial charge in [0.25, 0.3) is 0 Å². The molecule has 3 nitrogen and oxygen atoms in total. The van der Waals surface area contributed by atoms with Crippen LogP contribution >= 0.6 is 12.4 Å². The summed E-state index contributed by atoms with van der Waals surface area (Å²) in [4.78, 5) is 2.46. The van der Waals surface area contributed by atoms with Crippen molar-refractivity contribution in [3.05, 3.63) is 29.8 Å². The van der Waals surface area contributed by atoms with Crippen molar-refractivity contribution in [2.24, 2.45) is 0 Å². The van der Waals surface area contributed by atoms with E-state index >= 15 is 0 Å². The Hall–Kier alpha value is -0.770. The highest BCUT2D eigenvalue weighted by Crippen LogP contribution is 2.24. The molecule has 1 unspecified atom stereocenters. The number of hydrogen-bond acceptors (Lipinski definition) is 3. The number of benzene rings is 1. The first-order valence-electron chi connectivity index (χ1n) is 6.61. The Morgan fingerprint density at radius 1 is 1.11 bits per heavy atom. The second-order valence-corrected chi connectivity index (χ2v) is 4.85. The quantitative estimate of drug-likeness (QED) is 0.891. The van der Waals surface area contributed by atoms with E-state index in [0.29, 0.717) is 0 Å². The van der Waals surface area contributed by atoms with Crippen molar-refractivity contribution in [2.75, 3.05) is 37.7 Å². The van der Waals surface area contributed by atoms with E-state index in [0.717, 1.165) is 19.7 Å². The minimum Gasteiger partial charge on any atom is -0.372 e. The van der Waals surface area contributed by atoms with Crippen LogP contribution in [0.3, 0.4) is 0 Å². The van der Waals surface area contributed by atoms with Crippen molar-refractivity contribution in [1.82, 2.24) is 5.32 Å². The number of morpholine rings is 1. The lowest BCUT2D eigenvalue weighted by Gasteiger charge is -2.25. The third kappa shape index (κ3) is 2.97. The van der Waals surface area contributed by atoms with Crippen LogP contribution in [0.4, 0.5) is 5.69 Å². The number of anilines is 1. The lowest BCUT2D eigenvalue weighted by Crippen LogP contribution is -2.33. The first-order chi connectivity index (χ1) is 8.43. The van der Waals surface area contributed by atoms with Crippen LogP contribution in [-0.4, -0.2) is 32.8 Å². The Kier molecular flexibility index (Phi) is 4.87. The van der Waals surface area contributed by atoms with Crippen LogP contribution in [0.1, 0.15) is 24.5 Å². The monoisotopic (exact) mass is 268 g/mol. The summed E-state index contributed by atoms with van der Waals surface area (Å²) in [5.41, 5.74) is 2.65. The van der Waals surface area contributed by atoms with Gasteiger partial charge in [-0.25, -0.2) is 0 Å². The van der Waals surface area contributed by atoms with E-state index in [-0.39, 0.29) is 18.5 Å². The Morgan fingerprint density at radius 2 is 1.83 bits per heavy atom. The average Bonchev–Trinajstić information content (AvgIpc) is 2.94. The number of rotatable bonds is 2. The van der Waals surface area contributed by atoms with E-state index in [2.05, 4.69) is 34.5 Å². The Labute approximate surface area is 115 Å². The zero-order chi connectivity index (χ0) is 11.5. The molecular weight excluding hydrogens is 248 g/mol. The molecule has 2 aliphatic rings. The maximum Gasteiger partial charge on any atom is 0.0949 e. The molecule has 0 bridgehead atoms. The summed E-state index contributed by atoms with van der Waals surface area (Å²) in [5.74, 6) is 0. The largest absolute Gasteiger partial charge is 0.372 e. The van der Waals surface area contributed by atoms with Crippen LogP contribution in [0.5, 0.6) is 0 Å². The Balaban J connectivity index is 0.00000120. The highest BCUT2D eigenvalue weighted by Gasteiger charge is 2.16. The average molecular weight is 269 g/mol. The van der Waals surface area contributed by atoms with E-state index in [9.17, 15) is 0 Å². The Morgan fingerprint density at radius 3 is 2.44 bits per heavy atom. The van der Waals surface area contributed by atoms with Crippen molar-refractivity contribution in [3.63, 3.8) is 0 Å². The molecule has 18 heavy (non-hydrogen) atoms. The maximum absolute atomic E-state index is 5.75. The predicted molar refractivity (Wildman–Crippen MR) is 76.7 cm³/mol. The van der Waals surface area contributed by atoms with Crippen molar-refractivity contribution in [3.8, 4) is 0 Å². The van der Waals surface area contributed by atoms with Crippen LogP contribution < -0.4 is 10.2 Å². The van der Waals surface area contributed by atoms with Gasteiger partial charge in [-0.1, -0.05) is 12.1 Å². The molecule has 2 aliphatic heterocycles. The summed E-state index contributed by atoms with van der Waals surface area (Å²) in [6, 6.07) is 8.90. The van der Waals surface area contributed by atoms with Gasteiger partial charge in [0, 0.05) is 31.9 Å². The van der Waals surface area contributed by atoms with Crippen molar-refractivity contribution in [2.45, 2.75) is 18.9 Å². The molecule has 1 aromatic carbocycles. The summed E-state index contributed by atoms with van der Waals surface area (Å²) < 4.78 is 5.75. The van der Waals surface area contributed by atoms with Gasteiger partial charge in [-0.2, -0.15) is 0 Å². The van der Waals surface area contributed by atoms with E-state index in [1.165, 1.54) is 37.2 Å². The Bertz CT molecular complexity index is 357. The van der Waals surface area contributed by atoms with Crippen LogP contribution in [0.25, 0.3) is 0 Å². The molecule has 0 spiro atoms. The molecule has 2 heterocycles. The zero-order valence-corrected chi connectivity index (χ0v) is 11.4. The number of halogens is 1. The molecule has 3 rings (SSSR count). The molecule has 0 radical (unpaired) electrons. The van der Waals surface area contributed by atoms with Gasteiger partial charge < -0.3 is 15.0 Å². The molecule has 100 valence electrons.